The number of pyridine rings is 1. The number of halogens is 1. The first kappa shape index (κ1) is 12.9. The van der Waals surface area contributed by atoms with Crippen molar-refractivity contribution >= 4 is 27.7 Å². The van der Waals surface area contributed by atoms with Crippen molar-refractivity contribution in [1.82, 2.24) is 9.88 Å². The number of nitrogens with zero attached hydrogens (tertiary/aromatic N) is 3. The van der Waals surface area contributed by atoms with Gasteiger partial charge in [0.05, 0.1) is 0 Å². The van der Waals surface area contributed by atoms with Crippen LogP contribution in [0.15, 0.2) is 22.8 Å². The summed E-state index contributed by atoms with van der Waals surface area (Å²) in [6, 6.07) is 4.52. The average molecular weight is 324 g/mol. The normalized spacial score (nSPS) is 21.2. The fourth-order valence-electron chi connectivity index (χ4n) is 3.02. The summed E-state index contributed by atoms with van der Waals surface area (Å²) in [5.74, 6) is 1.38. The van der Waals surface area contributed by atoms with Gasteiger partial charge in [0.25, 0.3) is 0 Å². The van der Waals surface area contributed by atoms with Crippen LogP contribution in [0.2, 0.25) is 0 Å². The summed E-state index contributed by atoms with van der Waals surface area (Å²) >= 11 is 3.41. The van der Waals surface area contributed by atoms with Gasteiger partial charge in [-0.25, -0.2) is 4.98 Å². The number of amides is 1. The molecule has 1 aromatic rings. The molecule has 2 saturated heterocycles. The highest BCUT2D eigenvalue weighted by Crippen LogP contribution is 2.25. The number of carbonyl (C=O) groups is 1. The minimum absolute atomic E-state index is 0.347. The Kier molecular flexibility index (Phi) is 3.73. The Morgan fingerprint density at radius 1 is 1.21 bits per heavy atom. The Labute approximate surface area is 121 Å². The molecule has 4 nitrogen and oxygen atoms in total. The maximum Gasteiger partial charge on any atom is 0.222 e. The minimum Gasteiger partial charge on any atom is -0.356 e. The van der Waals surface area contributed by atoms with E-state index in [0.717, 1.165) is 55.6 Å². The Morgan fingerprint density at radius 3 is 2.58 bits per heavy atom. The Bertz CT molecular complexity index is 454. The summed E-state index contributed by atoms with van der Waals surface area (Å²) in [5, 5.41) is 0. The zero-order valence-electron chi connectivity index (χ0n) is 10.9. The maximum atomic E-state index is 11.8. The molecule has 0 bridgehead atoms. The Morgan fingerprint density at radius 2 is 2.00 bits per heavy atom. The first-order valence-corrected chi connectivity index (χ1v) is 7.69. The second kappa shape index (κ2) is 5.49. The third-order valence-corrected chi connectivity index (χ3v) is 4.52. The van der Waals surface area contributed by atoms with Crippen molar-refractivity contribution in [3.8, 4) is 0 Å². The molecule has 0 radical (unpaired) electrons. The maximum absolute atomic E-state index is 11.8. The van der Waals surface area contributed by atoms with Crippen LogP contribution in [0.4, 0.5) is 5.82 Å². The number of aromatic nitrogens is 1. The number of anilines is 1. The van der Waals surface area contributed by atoms with Crippen LogP contribution in [0, 0.1) is 0 Å². The van der Waals surface area contributed by atoms with E-state index < -0.39 is 0 Å². The van der Waals surface area contributed by atoms with E-state index in [-0.39, 0.29) is 0 Å². The van der Waals surface area contributed by atoms with E-state index in [0.29, 0.717) is 11.9 Å². The number of hydrogen-bond acceptors (Lipinski definition) is 3. The number of likely N-dealkylation sites (tertiary alicyclic amines) is 1. The summed E-state index contributed by atoms with van der Waals surface area (Å²) in [4.78, 5) is 20.6. The molecule has 3 heterocycles. The summed E-state index contributed by atoms with van der Waals surface area (Å²) in [6.07, 6.45) is 5.74. The van der Waals surface area contributed by atoms with E-state index in [9.17, 15) is 4.79 Å². The molecule has 19 heavy (non-hydrogen) atoms. The number of carbonyl (C=O) groups excluding carboxylic acids is 1. The van der Waals surface area contributed by atoms with Crippen molar-refractivity contribution in [1.29, 1.82) is 0 Å². The van der Waals surface area contributed by atoms with Crippen LogP contribution in [0.1, 0.15) is 25.7 Å². The molecule has 0 atom stereocenters. The van der Waals surface area contributed by atoms with Gasteiger partial charge in [-0.1, -0.05) is 0 Å². The molecule has 0 aromatic carbocycles. The van der Waals surface area contributed by atoms with Crippen molar-refractivity contribution < 1.29 is 4.79 Å². The molecular weight excluding hydrogens is 306 g/mol. The molecule has 2 fully saturated rings. The SMILES string of the molecule is O=C1CCCN1C1CCN(c2ccc(Br)cn2)CC1. The molecule has 2 aliphatic rings. The smallest absolute Gasteiger partial charge is 0.222 e. The molecule has 0 N–H and O–H groups in total. The van der Waals surface area contributed by atoms with Gasteiger partial charge in [0.15, 0.2) is 0 Å². The van der Waals surface area contributed by atoms with Crippen molar-refractivity contribution in [3.05, 3.63) is 22.8 Å². The zero-order chi connectivity index (χ0) is 13.2. The third kappa shape index (κ3) is 2.76. The van der Waals surface area contributed by atoms with Gasteiger partial charge in [-0.2, -0.15) is 0 Å². The predicted molar refractivity (Wildman–Crippen MR) is 78.1 cm³/mol. The van der Waals surface area contributed by atoms with Crippen molar-refractivity contribution in [2.75, 3.05) is 24.5 Å². The van der Waals surface area contributed by atoms with Crippen molar-refractivity contribution in [3.63, 3.8) is 0 Å². The lowest BCUT2D eigenvalue weighted by Crippen LogP contribution is -2.45. The highest BCUT2D eigenvalue weighted by Gasteiger charge is 2.30. The van der Waals surface area contributed by atoms with Gasteiger partial charge in [-0.05, 0) is 47.3 Å². The van der Waals surface area contributed by atoms with Crippen LogP contribution in [0.25, 0.3) is 0 Å². The molecule has 1 amide bonds. The third-order valence-electron chi connectivity index (χ3n) is 4.05. The largest absolute Gasteiger partial charge is 0.356 e. The van der Waals surface area contributed by atoms with Gasteiger partial charge in [-0.15, -0.1) is 0 Å². The number of hydrogen-bond donors (Lipinski definition) is 0. The number of rotatable bonds is 2. The molecule has 0 aliphatic carbocycles. The van der Waals surface area contributed by atoms with Crippen LogP contribution < -0.4 is 4.90 Å². The summed E-state index contributed by atoms with van der Waals surface area (Å²) in [7, 11) is 0. The lowest BCUT2D eigenvalue weighted by atomic mass is 10.0. The van der Waals surface area contributed by atoms with Gasteiger partial charge in [0.1, 0.15) is 5.82 Å². The first-order valence-electron chi connectivity index (χ1n) is 6.90. The Balaban J connectivity index is 1.60. The molecule has 0 unspecified atom stereocenters. The molecule has 102 valence electrons. The van der Waals surface area contributed by atoms with Gasteiger partial charge >= 0.3 is 0 Å². The standard InChI is InChI=1S/C14H18BrN3O/c15-11-3-4-13(16-10-11)17-8-5-12(6-9-17)18-7-1-2-14(18)19/h3-4,10,12H,1-2,5-9H2. The fraction of sp³-hybridized carbons (Fsp3) is 0.571. The van der Waals surface area contributed by atoms with Gasteiger partial charge < -0.3 is 9.80 Å². The van der Waals surface area contributed by atoms with Crippen molar-refractivity contribution in [2.45, 2.75) is 31.7 Å². The van der Waals surface area contributed by atoms with E-state index in [1.807, 2.05) is 18.3 Å². The molecule has 0 spiro atoms. The lowest BCUT2D eigenvalue weighted by molar-refractivity contribution is -0.130. The zero-order valence-corrected chi connectivity index (χ0v) is 12.5. The van der Waals surface area contributed by atoms with Crippen LogP contribution >= 0.6 is 15.9 Å². The van der Waals surface area contributed by atoms with Crippen LogP contribution in [-0.2, 0) is 4.79 Å². The monoisotopic (exact) mass is 323 g/mol. The van der Waals surface area contributed by atoms with Crippen molar-refractivity contribution in [2.24, 2.45) is 0 Å². The summed E-state index contributed by atoms with van der Waals surface area (Å²) in [5.41, 5.74) is 0. The van der Waals surface area contributed by atoms with E-state index in [1.165, 1.54) is 0 Å². The second-order valence-electron chi connectivity index (χ2n) is 5.24. The molecule has 0 saturated carbocycles. The predicted octanol–water partition coefficient (Wildman–Crippen LogP) is 2.44. The van der Waals surface area contributed by atoms with E-state index >= 15 is 0 Å². The topological polar surface area (TPSA) is 36.4 Å². The molecule has 2 aliphatic heterocycles. The highest BCUT2D eigenvalue weighted by atomic mass is 79.9. The fourth-order valence-corrected chi connectivity index (χ4v) is 3.25. The minimum atomic E-state index is 0.347. The van der Waals surface area contributed by atoms with Crippen LogP contribution in [0.5, 0.6) is 0 Å². The Hall–Kier alpha value is -1.10. The van der Waals surface area contributed by atoms with Crippen LogP contribution in [0.3, 0.4) is 0 Å². The van der Waals surface area contributed by atoms with Crippen LogP contribution in [-0.4, -0.2) is 41.5 Å². The first-order chi connectivity index (χ1) is 9.24. The van der Waals surface area contributed by atoms with Gasteiger partial charge in [0.2, 0.25) is 5.91 Å². The van der Waals surface area contributed by atoms with Gasteiger partial charge in [0, 0.05) is 42.8 Å². The average Bonchev–Trinajstić information content (AvgIpc) is 2.86. The molecular formula is C14H18BrN3O. The second-order valence-corrected chi connectivity index (χ2v) is 6.16. The summed E-state index contributed by atoms with van der Waals surface area (Å²) < 4.78 is 1.01. The highest BCUT2D eigenvalue weighted by molar-refractivity contribution is 9.10. The van der Waals surface area contributed by atoms with E-state index in [2.05, 4.69) is 30.7 Å². The molecule has 3 rings (SSSR count). The van der Waals surface area contributed by atoms with E-state index in [4.69, 9.17) is 0 Å². The van der Waals surface area contributed by atoms with Gasteiger partial charge in [-0.3, -0.25) is 4.79 Å². The molecule has 1 aromatic heterocycles. The lowest BCUT2D eigenvalue weighted by Gasteiger charge is -2.37. The van der Waals surface area contributed by atoms with E-state index in [1.54, 1.807) is 0 Å². The summed E-state index contributed by atoms with van der Waals surface area (Å²) in [6.45, 7) is 2.94. The molecule has 5 heteroatoms. The number of piperidine rings is 1. The quantitative estimate of drug-likeness (QED) is 0.838.